The highest BCUT2D eigenvalue weighted by Crippen LogP contribution is 2.28. The molecule has 6 nitrogen and oxygen atoms in total. The van der Waals surface area contributed by atoms with Crippen LogP contribution in [0.15, 0.2) is 53.1 Å². The van der Waals surface area contributed by atoms with E-state index in [0.29, 0.717) is 36.8 Å². The predicted octanol–water partition coefficient (Wildman–Crippen LogP) is 3.94. The first-order valence-corrected chi connectivity index (χ1v) is 10.9. The third-order valence-electron chi connectivity index (χ3n) is 5.88. The summed E-state index contributed by atoms with van der Waals surface area (Å²) in [5.41, 5.74) is 1.55. The van der Waals surface area contributed by atoms with Gasteiger partial charge in [0.15, 0.2) is 0 Å². The van der Waals surface area contributed by atoms with Gasteiger partial charge in [0.1, 0.15) is 11.6 Å². The number of nitrogens with zero attached hydrogens (tertiary/aromatic N) is 3. The number of halogens is 2. The molecule has 3 aromatic rings. The minimum absolute atomic E-state index is 0.0213. The minimum atomic E-state index is -0.350. The van der Waals surface area contributed by atoms with Gasteiger partial charge >= 0.3 is 0 Å². The zero-order valence-electron chi connectivity index (χ0n) is 17.9. The first-order chi connectivity index (χ1) is 15.5. The number of hydrogen-bond acceptors (Lipinski definition) is 5. The number of hydrogen-bond donors (Lipinski definition) is 1. The Balaban J connectivity index is 1.32. The molecular formula is C24H26F2N4O2. The SMILES string of the molecule is CC(C(=O)NCCc1ccc(F)cc1)N1CCCC(c2nc(-c3cccc(F)c3)no2)C1. The standard InChI is InChI=1S/C24H26F2N4O2/c1-16(23(31)27-12-11-17-7-9-20(25)10-8-17)30-13-3-5-19(15-30)24-28-22(29-32-24)18-4-2-6-21(26)14-18/h2,4,6-10,14,16,19H,3,5,11-13,15H2,1H3,(H,27,31). The lowest BCUT2D eigenvalue weighted by Gasteiger charge is -2.34. The van der Waals surface area contributed by atoms with Crippen molar-refractivity contribution in [3.8, 4) is 11.4 Å². The van der Waals surface area contributed by atoms with Crippen molar-refractivity contribution in [2.45, 2.75) is 38.1 Å². The summed E-state index contributed by atoms with van der Waals surface area (Å²) in [6, 6.07) is 12.1. The molecule has 1 amide bonds. The van der Waals surface area contributed by atoms with Gasteiger partial charge < -0.3 is 9.84 Å². The highest BCUT2D eigenvalue weighted by atomic mass is 19.1. The number of benzene rings is 2. The van der Waals surface area contributed by atoms with Crippen LogP contribution in [0.5, 0.6) is 0 Å². The van der Waals surface area contributed by atoms with Gasteiger partial charge in [0.25, 0.3) is 0 Å². The van der Waals surface area contributed by atoms with Crippen molar-refractivity contribution in [2.24, 2.45) is 0 Å². The Bertz CT molecular complexity index is 1050. The average molecular weight is 440 g/mol. The number of carbonyl (C=O) groups excluding carboxylic acids is 1. The van der Waals surface area contributed by atoms with E-state index < -0.39 is 0 Å². The number of aromatic nitrogens is 2. The third-order valence-corrected chi connectivity index (χ3v) is 5.88. The third kappa shape index (κ3) is 5.37. The highest BCUT2D eigenvalue weighted by Gasteiger charge is 2.31. The Morgan fingerprint density at radius 2 is 2.03 bits per heavy atom. The fraction of sp³-hybridized carbons (Fsp3) is 0.375. The van der Waals surface area contributed by atoms with E-state index in [0.717, 1.165) is 24.9 Å². The van der Waals surface area contributed by atoms with E-state index in [4.69, 9.17) is 4.52 Å². The van der Waals surface area contributed by atoms with E-state index in [9.17, 15) is 13.6 Å². The molecule has 2 aromatic carbocycles. The average Bonchev–Trinajstić information content (AvgIpc) is 3.30. The van der Waals surface area contributed by atoms with E-state index in [2.05, 4.69) is 20.4 Å². The number of rotatable bonds is 7. The smallest absolute Gasteiger partial charge is 0.237 e. The van der Waals surface area contributed by atoms with Crippen molar-refractivity contribution in [1.82, 2.24) is 20.4 Å². The van der Waals surface area contributed by atoms with Crippen LogP contribution in [0.2, 0.25) is 0 Å². The van der Waals surface area contributed by atoms with E-state index in [-0.39, 0.29) is 29.5 Å². The molecule has 1 aliphatic heterocycles. The van der Waals surface area contributed by atoms with E-state index in [1.165, 1.54) is 24.3 Å². The lowest BCUT2D eigenvalue weighted by Crippen LogP contribution is -2.49. The van der Waals surface area contributed by atoms with Crippen LogP contribution in [-0.4, -0.2) is 46.6 Å². The van der Waals surface area contributed by atoms with E-state index >= 15 is 0 Å². The summed E-state index contributed by atoms with van der Waals surface area (Å²) in [6.07, 6.45) is 2.45. The maximum absolute atomic E-state index is 13.5. The lowest BCUT2D eigenvalue weighted by molar-refractivity contribution is -0.126. The summed E-state index contributed by atoms with van der Waals surface area (Å²) >= 11 is 0. The monoisotopic (exact) mass is 440 g/mol. The van der Waals surface area contributed by atoms with Gasteiger partial charge in [-0.2, -0.15) is 4.98 Å². The molecule has 1 aliphatic rings. The second-order valence-corrected chi connectivity index (χ2v) is 8.14. The van der Waals surface area contributed by atoms with Crippen LogP contribution < -0.4 is 5.32 Å². The second-order valence-electron chi connectivity index (χ2n) is 8.14. The Labute approximate surface area is 185 Å². The maximum atomic E-state index is 13.5. The van der Waals surface area contributed by atoms with Gasteiger partial charge in [0, 0.05) is 18.7 Å². The second kappa shape index (κ2) is 9.99. The van der Waals surface area contributed by atoms with Crippen molar-refractivity contribution >= 4 is 5.91 Å². The van der Waals surface area contributed by atoms with E-state index in [1.807, 2.05) is 6.92 Å². The number of likely N-dealkylation sites (tertiary alicyclic amines) is 1. The van der Waals surface area contributed by atoms with Gasteiger partial charge in [0.2, 0.25) is 17.6 Å². The number of amides is 1. The molecule has 2 atom stereocenters. The fourth-order valence-electron chi connectivity index (χ4n) is 4.00. The molecule has 1 aromatic heterocycles. The van der Waals surface area contributed by atoms with Gasteiger partial charge in [-0.25, -0.2) is 8.78 Å². The summed E-state index contributed by atoms with van der Waals surface area (Å²) < 4.78 is 32.0. The molecule has 2 heterocycles. The van der Waals surface area contributed by atoms with Crippen molar-refractivity contribution in [3.05, 3.63) is 71.6 Å². The molecule has 1 saturated heterocycles. The van der Waals surface area contributed by atoms with Crippen LogP contribution >= 0.6 is 0 Å². The molecule has 1 N–H and O–H groups in total. The van der Waals surface area contributed by atoms with Crippen molar-refractivity contribution in [2.75, 3.05) is 19.6 Å². The maximum Gasteiger partial charge on any atom is 0.237 e. The molecule has 0 aliphatic carbocycles. The van der Waals surface area contributed by atoms with E-state index in [1.54, 1.807) is 24.3 Å². The van der Waals surface area contributed by atoms with Crippen LogP contribution in [0.1, 0.15) is 37.1 Å². The summed E-state index contributed by atoms with van der Waals surface area (Å²) in [5, 5.41) is 6.98. The van der Waals surface area contributed by atoms with Crippen LogP contribution in [0.25, 0.3) is 11.4 Å². The van der Waals surface area contributed by atoms with Crippen LogP contribution in [0, 0.1) is 11.6 Å². The quantitative estimate of drug-likeness (QED) is 0.603. The Morgan fingerprint density at radius 3 is 2.81 bits per heavy atom. The fourth-order valence-corrected chi connectivity index (χ4v) is 4.00. The molecule has 4 rings (SSSR count). The topological polar surface area (TPSA) is 71.3 Å². The van der Waals surface area contributed by atoms with Gasteiger partial charge in [-0.15, -0.1) is 0 Å². The van der Waals surface area contributed by atoms with Crippen molar-refractivity contribution < 1.29 is 18.1 Å². The number of carbonyl (C=O) groups is 1. The van der Waals surface area contributed by atoms with Gasteiger partial charge in [0.05, 0.1) is 12.0 Å². The molecule has 32 heavy (non-hydrogen) atoms. The molecule has 0 bridgehead atoms. The summed E-state index contributed by atoms with van der Waals surface area (Å²) in [4.78, 5) is 19.2. The molecule has 168 valence electrons. The largest absolute Gasteiger partial charge is 0.354 e. The molecule has 0 saturated carbocycles. The van der Waals surface area contributed by atoms with Crippen LogP contribution in [-0.2, 0) is 11.2 Å². The van der Waals surface area contributed by atoms with Gasteiger partial charge in [-0.1, -0.05) is 29.4 Å². The highest BCUT2D eigenvalue weighted by molar-refractivity contribution is 5.81. The van der Waals surface area contributed by atoms with Gasteiger partial charge in [-0.05, 0) is 62.6 Å². The summed E-state index contributed by atoms with van der Waals surface area (Å²) in [5.74, 6) is 0.236. The molecule has 2 unspecified atom stereocenters. The molecule has 8 heteroatoms. The molecule has 0 spiro atoms. The molecule has 0 radical (unpaired) electrons. The van der Waals surface area contributed by atoms with Crippen LogP contribution in [0.3, 0.4) is 0 Å². The Hall–Kier alpha value is -3.13. The molecule has 1 fully saturated rings. The normalized spacial score (nSPS) is 17.8. The van der Waals surface area contributed by atoms with Crippen molar-refractivity contribution in [1.29, 1.82) is 0 Å². The zero-order valence-corrected chi connectivity index (χ0v) is 17.9. The zero-order chi connectivity index (χ0) is 22.5. The van der Waals surface area contributed by atoms with Gasteiger partial charge in [-0.3, -0.25) is 9.69 Å². The van der Waals surface area contributed by atoms with Crippen LogP contribution in [0.4, 0.5) is 8.78 Å². The minimum Gasteiger partial charge on any atom is -0.354 e. The number of nitrogens with one attached hydrogen (secondary N) is 1. The first-order valence-electron chi connectivity index (χ1n) is 10.9. The first kappa shape index (κ1) is 22.1. The predicted molar refractivity (Wildman–Crippen MR) is 116 cm³/mol. The molecular weight excluding hydrogens is 414 g/mol. The Kier molecular flexibility index (Phi) is 6.90. The summed E-state index contributed by atoms with van der Waals surface area (Å²) in [6.45, 7) is 3.83. The van der Waals surface area contributed by atoms with Crippen molar-refractivity contribution in [3.63, 3.8) is 0 Å². The Morgan fingerprint density at radius 1 is 1.22 bits per heavy atom. The lowest BCUT2D eigenvalue weighted by atomic mass is 9.96. The number of piperidine rings is 1. The summed E-state index contributed by atoms with van der Waals surface area (Å²) in [7, 11) is 0.